The zero-order chi connectivity index (χ0) is 16.1. The maximum atomic E-state index is 10.5. The van der Waals surface area contributed by atoms with Crippen molar-refractivity contribution in [3.63, 3.8) is 0 Å². The fraction of sp³-hybridized carbons (Fsp3) is 0. The van der Waals surface area contributed by atoms with Crippen LogP contribution in [0.1, 0.15) is 0 Å². The summed E-state index contributed by atoms with van der Waals surface area (Å²) in [5, 5.41) is 12.1. The minimum atomic E-state index is -1.16. The third-order valence-corrected chi connectivity index (χ3v) is 3.05. The smallest absolute Gasteiger partial charge is 0.348 e. The van der Waals surface area contributed by atoms with E-state index in [9.17, 15) is 4.79 Å². The fourth-order valence-electron chi connectivity index (χ4n) is 2.09. The molecular formula is C17H13N3O3. The van der Waals surface area contributed by atoms with Crippen LogP contribution in [0.25, 0.3) is 22.6 Å². The van der Waals surface area contributed by atoms with Gasteiger partial charge in [0.05, 0.1) is 0 Å². The number of rotatable bonds is 5. The number of carboxylic acids is 1. The molecule has 0 spiro atoms. The van der Waals surface area contributed by atoms with Gasteiger partial charge in [0.25, 0.3) is 0 Å². The largest absolute Gasteiger partial charge is 0.477 e. The van der Waals surface area contributed by atoms with Gasteiger partial charge in [-0.05, 0) is 0 Å². The van der Waals surface area contributed by atoms with Crippen molar-refractivity contribution in [3.8, 4) is 22.6 Å². The van der Waals surface area contributed by atoms with Crippen LogP contribution in [0.4, 0.5) is 6.01 Å². The lowest BCUT2D eigenvalue weighted by atomic mass is 10.1. The first-order valence-corrected chi connectivity index (χ1v) is 6.88. The highest BCUT2D eigenvalue weighted by molar-refractivity contribution is 6.22. The number of hydrogen-bond acceptors (Lipinski definition) is 5. The minimum Gasteiger partial charge on any atom is -0.477 e. The van der Waals surface area contributed by atoms with Crippen LogP contribution in [0.2, 0.25) is 0 Å². The first-order valence-electron chi connectivity index (χ1n) is 6.88. The number of aromatic nitrogens is 1. The van der Waals surface area contributed by atoms with Crippen LogP contribution in [0.15, 0.2) is 70.2 Å². The van der Waals surface area contributed by atoms with Gasteiger partial charge in [-0.3, -0.25) is 0 Å². The summed E-state index contributed by atoms with van der Waals surface area (Å²) in [6.45, 7) is 0. The minimum absolute atomic E-state index is 0.125. The first kappa shape index (κ1) is 14.5. The monoisotopic (exact) mass is 307 g/mol. The Kier molecular flexibility index (Phi) is 4.15. The summed E-state index contributed by atoms with van der Waals surface area (Å²) in [4.78, 5) is 14.8. The van der Waals surface area contributed by atoms with Crippen LogP contribution >= 0.6 is 0 Å². The van der Waals surface area contributed by atoms with Crippen molar-refractivity contribution in [2.45, 2.75) is 0 Å². The Morgan fingerprint density at radius 2 is 1.65 bits per heavy atom. The van der Waals surface area contributed by atoms with Gasteiger partial charge in [0.15, 0.2) is 5.76 Å². The summed E-state index contributed by atoms with van der Waals surface area (Å²) < 4.78 is 5.71. The Balaban J connectivity index is 2.02. The summed E-state index contributed by atoms with van der Waals surface area (Å²) in [5.41, 5.74) is 4.91. The van der Waals surface area contributed by atoms with Crippen LogP contribution in [0, 0.1) is 0 Å². The molecule has 0 unspecified atom stereocenters. The molecule has 0 saturated carbocycles. The van der Waals surface area contributed by atoms with Gasteiger partial charge in [0.2, 0.25) is 0 Å². The predicted octanol–water partition coefficient (Wildman–Crippen LogP) is 3.49. The van der Waals surface area contributed by atoms with Gasteiger partial charge in [-0.15, -0.1) is 0 Å². The summed E-state index contributed by atoms with van der Waals surface area (Å²) >= 11 is 0. The maximum absolute atomic E-state index is 10.5. The SMILES string of the molecule is O=C(O)/C=N/Nc1nc(-c2ccccc2)c(-c2ccccc2)o1. The lowest BCUT2D eigenvalue weighted by Crippen LogP contribution is -1.98. The zero-order valence-electron chi connectivity index (χ0n) is 12.0. The number of nitrogens with zero attached hydrogens (tertiary/aromatic N) is 2. The molecule has 0 aliphatic carbocycles. The fourth-order valence-corrected chi connectivity index (χ4v) is 2.09. The molecule has 2 N–H and O–H groups in total. The maximum Gasteiger partial charge on any atom is 0.348 e. The van der Waals surface area contributed by atoms with E-state index in [1.807, 2.05) is 60.7 Å². The number of aliphatic carboxylic acids is 1. The van der Waals surface area contributed by atoms with E-state index in [1.54, 1.807) is 0 Å². The molecule has 114 valence electrons. The Labute approximate surface area is 132 Å². The number of hydrazone groups is 1. The van der Waals surface area contributed by atoms with Crippen molar-refractivity contribution in [1.29, 1.82) is 0 Å². The van der Waals surface area contributed by atoms with E-state index in [4.69, 9.17) is 9.52 Å². The van der Waals surface area contributed by atoms with Gasteiger partial charge in [-0.2, -0.15) is 10.1 Å². The van der Waals surface area contributed by atoms with E-state index in [-0.39, 0.29) is 6.01 Å². The molecule has 3 rings (SSSR count). The summed E-state index contributed by atoms with van der Waals surface area (Å²) in [5.74, 6) is -0.569. The molecule has 0 fully saturated rings. The highest BCUT2D eigenvalue weighted by Crippen LogP contribution is 2.34. The molecule has 6 heteroatoms. The standard InChI is InChI=1S/C17H13N3O3/c21-14(22)11-18-20-17-19-15(12-7-3-1-4-8-12)16(23-17)13-9-5-2-6-10-13/h1-11H,(H,19,20)(H,21,22)/b18-11+. The molecule has 0 atom stereocenters. The quantitative estimate of drug-likeness (QED) is 0.556. The second-order valence-corrected chi connectivity index (χ2v) is 4.64. The Morgan fingerprint density at radius 3 is 2.26 bits per heavy atom. The predicted molar refractivity (Wildman–Crippen MR) is 87.1 cm³/mol. The van der Waals surface area contributed by atoms with Gasteiger partial charge >= 0.3 is 12.0 Å². The third-order valence-electron chi connectivity index (χ3n) is 3.05. The van der Waals surface area contributed by atoms with Crippen molar-refractivity contribution >= 4 is 18.2 Å². The van der Waals surface area contributed by atoms with E-state index in [1.165, 1.54) is 0 Å². The molecular weight excluding hydrogens is 294 g/mol. The number of nitrogens with one attached hydrogen (secondary N) is 1. The normalized spacial score (nSPS) is 10.8. The van der Waals surface area contributed by atoms with Crippen molar-refractivity contribution < 1.29 is 14.3 Å². The van der Waals surface area contributed by atoms with Gasteiger partial charge in [0.1, 0.15) is 11.9 Å². The number of oxazole rings is 1. The van der Waals surface area contributed by atoms with Crippen LogP contribution in [-0.4, -0.2) is 22.3 Å². The number of benzene rings is 2. The lowest BCUT2D eigenvalue weighted by molar-refractivity contribution is -0.128. The summed E-state index contributed by atoms with van der Waals surface area (Å²) in [6.07, 6.45) is 0.731. The van der Waals surface area contributed by atoms with E-state index in [0.717, 1.165) is 17.3 Å². The average molecular weight is 307 g/mol. The molecule has 1 aromatic heterocycles. The van der Waals surface area contributed by atoms with E-state index in [2.05, 4.69) is 15.5 Å². The van der Waals surface area contributed by atoms with Gasteiger partial charge in [-0.1, -0.05) is 60.7 Å². The molecule has 3 aromatic rings. The molecule has 0 aliphatic rings. The molecule has 0 aliphatic heterocycles. The Bertz CT molecular complexity index is 770. The van der Waals surface area contributed by atoms with Crippen molar-refractivity contribution in [2.24, 2.45) is 5.10 Å². The molecule has 1 heterocycles. The highest BCUT2D eigenvalue weighted by atomic mass is 16.4. The number of carbonyl (C=O) groups is 1. The molecule has 0 amide bonds. The van der Waals surface area contributed by atoms with Crippen molar-refractivity contribution in [1.82, 2.24) is 4.98 Å². The molecule has 6 nitrogen and oxygen atoms in total. The van der Waals surface area contributed by atoms with Gasteiger partial charge < -0.3 is 9.52 Å². The highest BCUT2D eigenvalue weighted by Gasteiger charge is 2.16. The summed E-state index contributed by atoms with van der Waals surface area (Å²) in [7, 11) is 0. The van der Waals surface area contributed by atoms with Gasteiger partial charge in [-0.25, -0.2) is 10.2 Å². The van der Waals surface area contributed by atoms with E-state index >= 15 is 0 Å². The number of hydrogen-bond donors (Lipinski definition) is 2. The Hall–Kier alpha value is -3.41. The van der Waals surface area contributed by atoms with Crippen LogP contribution in [-0.2, 0) is 4.79 Å². The molecule has 0 saturated heterocycles. The van der Waals surface area contributed by atoms with E-state index < -0.39 is 5.97 Å². The number of anilines is 1. The average Bonchev–Trinajstić information content (AvgIpc) is 3.00. The van der Waals surface area contributed by atoms with Crippen LogP contribution in [0.5, 0.6) is 0 Å². The second-order valence-electron chi connectivity index (χ2n) is 4.64. The summed E-state index contributed by atoms with van der Waals surface area (Å²) in [6, 6.07) is 19.3. The van der Waals surface area contributed by atoms with Crippen LogP contribution < -0.4 is 5.43 Å². The topological polar surface area (TPSA) is 87.7 Å². The van der Waals surface area contributed by atoms with Crippen molar-refractivity contribution in [3.05, 3.63) is 60.7 Å². The lowest BCUT2D eigenvalue weighted by Gasteiger charge is -2.00. The third kappa shape index (κ3) is 3.44. The molecule has 2 aromatic carbocycles. The van der Waals surface area contributed by atoms with Crippen molar-refractivity contribution in [2.75, 3.05) is 5.43 Å². The van der Waals surface area contributed by atoms with Gasteiger partial charge in [0, 0.05) is 11.1 Å². The zero-order valence-corrected chi connectivity index (χ0v) is 12.0. The first-order chi connectivity index (χ1) is 11.2. The van der Waals surface area contributed by atoms with Crippen LogP contribution in [0.3, 0.4) is 0 Å². The molecule has 23 heavy (non-hydrogen) atoms. The van der Waals surface area contributed by atoms with E-state index in [0.29, 0.717) is 11.5 Å². The second kappa shape index (κ2) is 6.57. The molecule has 0 radical (unpaired) electrons. The Morgan fingerprint density at radius 1 is 1.04 bits per heavy atom. The number of carboxylic acid groups (broad SMARTS) is 1. The molecule has 0 bridgehead atoms.